The molecule has 1 heterocycles. The second-order valence-electron chi connectivity index (χ2n) is 5.72. The van der Waals surface area contributed by atoms with E-state index in [1.807, 2.05) is 0 Å². The Morgan fingerprint density at radius 1 is 1.46 bits per heavy atom. The molecule has 0 bridgehead atoms. The molecule has 9 nitrogen and oxygen atoms in total. The van der Waals surface area contributed by atoms with Crippen LogP contribution in [0.2, 0.25) is 0 Å². The fraction of sp³-hybridized carbons (Fsp3) is 0.375. The van der Waals surface area contributed by atoms with Crippen LogP contribution in [0.15, 0.2) is 28.0 Å². The monoisotopic (exact) mass is 365 g/mol. The van der Waals surface area contributed by atoms with Gasteiger partial charge in [0.05, 0.1) is 12.6 Å². The number of aromatic nitrogens is 2. The summed E-state index contributed by atoms with van der Waals surface area (Å²) in [6, 6.07) is 3.78. The number of hydrogen-bond donors (Lipinski definition) is 3. The summed E-state index contributed by atoms with van der Waals surface area (Å²) in [6.45, 7) is 1.84. The molecule has 5 N–H and O–H groups in total. The minimum Gasteiger partial charge on any atom is -0.411 e. The lowest BCUT2D eigenvalue weighted by Crippen LogP contribution is -2.37. The Morgan fingerprint density at radius 2 is 2.23 bits per heavy atom. The summed E-state index contributed by atoms with van der Waals surface area (Å²) in [7, 11) is 0. The molecule has 0 fully saturated rings. The Hall–Kier alpha value is -2.85. The van der Waals surface area contributed by atoms with Crippen LogP contribution in [0.1, 0.15) is 28.9 Å². The van der Waals surface area contributed by atoms with Crippen molar-refractivity contribution in [1.29, 1.82) is 0 Å². The zero-order valence-electron chi connectivity index (χ0n) is 14.2. The molecule has 0 saturated heterocycles. The van der Waals surface area contributed by atoms with Crippen LogP contribution in [0.3, 0.4) is 0 Å². The Labute approximate surface area is 148 Å². The number of carbonyl (C=O) groups is 1. The van der Waals surface area contributed by atoms with Gasteiger partial charge >= 0.3 is 0 Å². The number of hydrogen-bond acceptors (Lipinski definition) is 8. The molecule has 1 unspecified atom stereocenters. The standard InChI is InChI=1S/C16H20FN5O4/c1-9-6-10(2-3-11(9)17)7-13(20-24)15-14(21-26-22-15)8-25-5-4-12(18)16(19)23/h2-3,6,12,24H,4-5,7-8,18H2,1H3,(H2,19,23)/b20-13+. The van der Waals surface area contributed by atoms with E-state index in [-0.39, 0.29) is 43.3 Å². The molecule has 2 aromatic rings. The van der Waals surface area contributed by atoms with Crippen LogP contribution in [0, 0.1) is 12.7 Å². The number of halogens is 1. The Kier molecular flexibility index (Phi) is 6.75. The van der Waals surface area contributed by atoms with Crippen LogP contribution in [-0.2, 0) is 22.6 Å². The third kappa shape index (κ3) is 5.07. The molecule has 0 radical (unpaired) electrons. The second kappa shape index (κ2) is 9.02. The maximum atomic E-state index is 13.4. The predicted octanol–water partition coefficient (Wildman–Crippen LogP) is 0.657. The third-order valence-corrected chi connectivity index (χ3v) is 3.72. The lowest BCUT2D eigenvalue weighted by atomic mass is 10.0. The fourth-order valence-electron chi connectivity index (χ4n) is 2.22. The van der Waals surface area contributed by atoms with Crippen molar-refractivity contribution < 1.29 is 23.8 Å². The van der Waals surface area contributed by atoms with E-state index < -0.39 is 11.9 Å². The van der Waals surface area contributed by atoms with Gasteiger partial charge in [-0.15, -0.1) is 0 Å². The summed E-state index contributed by atoms with van der Waals surface area (Å²) in [4.78, 5) is 10.9. The lowest BCUT2D eigenvalue weighted by Gasteiger charge is -2.08. The highest BCUT2D eigenvalue weighted by Crippen LogP contribution is 2.14. The molecular formula is C16H20FN5O4. The molecule has 26 heavy (non-hydrogen) atoms. The number of ether oxygens (including phenoxy) is 1. The summed E-state index contributed by atoms with van der Waals surface area (Å²) < 4.78 is 23.4. The van der Waals surface area contributed by atoms with Gasteiger partial charge in [-0.3, -0.25) is 4.79 Å². The van der Waals surface area contributed by atoms with Gasteiger partial charge in [0.1, 0.15) is 17.2 Å². The zero-order valence-corrected chi connectivity index (χ0v) is 14.2. The summed E-state index contributed by atoms with van der Waals surface area (Å²) in [6.07, 6.45) is 0.455. The molecule has 1 aromatic heterocycles. The van der Waals surface area contributed by atoms with E-state index in [0.717, 1.165) is 5.56 Å². The van der Waals surface area contributed by atoms with Crippen molar-refractivity contribution in [2.75, 3.05) is 6.61 Å². The van der Waals surface area contributed by atoms with E-state index in [1.165, 1.54) is 6.07 Å². The maximum absolute atomic E-state index is 13.4. The van der Waals surface area contributed by atoms with Crippen LogP contribution in [0.4, 0.5) is 4.39 Å². The van der Waals surface area contributed by atoms with Gasteiger partial charge in [0.25, 0.3) is 0 Å². The average Bonchev–Trinajstić information content (AvgIpc) is 3.07. The van der Waals surface area contributed by atoms with Crippen molar-refractivity contribution in [3.63, 3.8) is 0 Å². The molecule has 0 aliphatic heterocycles. The van der Waals surface area contributed by atoms with Gasteiger partial charge in [-0.2, -0.15) is 0 Å². The number of primary amides is 1. The highest BCUT2D eigenvalue weighted by atomic mass is 19.1. The van der Waals surface area contributed by atoms with Crippen LogP contribution in [-0.4, -0.2) is 39.8 Å². The third-order valence-electron chi connectivity index (χ3n) is 3.72. The molecule has 1 aromatic carbocycles. The number of oxime groups is 1. The van der Waals surface area contributed by atoms with Crippen LogP contribution >= 0.6 is 0 Å². The molecule has 0 saturated carbocycles. The fourth-order valence-corrected chi connectivity index (χ4v) is 2.22. The number of nitrogens with zero attached hydrogens (tertiary/aromatic N) is 3. The van der Waals surface area contributed by atoms with Gasteiger partial charge in [0, 0.05) is 13.0 Å². The molecule has 0 spiro atoms. The topological polar surface area (TPSA) is 150 Å². The van der Waals surface area contributed by atoms with E-state index >= 15 is 0 Å². The normalized spacial score (nSPS) is 13.0. The van der Waals surface area contributed by atoms with Crippen molar-refractivity contribution in [2.24, 2.45) is 16.6 Å². The van der Waals surface area contributed by atoms with E-state index in [0.29, 0.717) is 11.3 Å². The highest BCUT2D eigenvalue weighted by molar-refractivity contribution is 6.00. The van der Waals surface area contributed by atoms with Gasteiger partial charge in [0.2, 0.25) is 5.91 Å². The van der Waals surface area contributed by atoms with Gasteiger partial charge in [0.15, 0.2) is 5.69 Å². The van der Waals surface area contributed by atoms with Crippen LogP contribution in [0.5, 0.6) is 0 Å². The van der Waals surface area contributed by atoms with Crippen molar-refractivity contribution in [3.8, 4) is 0 Å². The average molecular weight is 365 g/mol. The molecule has 0 aliphatic rings. The van der Waals surface area contributed by atoms with Gasteiger partial charge in [-0.25, -0.2) is 9.02 Å². The van der Waals surface area contributed by atoms with Crippen molar-refractivity contribution in [1.82, 2.24) is 10.3 Å². The summed E-state index contributed by atoms with van der Waals surface area (Å²) in [5.74, 6) is -0.927. The number of benzene rings is 1. The van der Waals surface area contributed by atoms with Crippen molar-refractivity contribution in [2.45, 2.75) is 32.4 Å². The number of carbonyl (C=O) groups excluding carboxylic acids is 1. The zero-order chi connectivity index (χ0) is 19.1. The quantitative estimate of drug-likeness (QED) is 0.256. The number of rotatable bonds is 9. The van der Waals surface area contributed by atoms with E-state index in [1.54, 1.807) is 19.1 Å². The molecule has 2 rings (SSSR count). The first-order valence-corrected chi connectivity index (χ1v) is 7.82. The first-order valence-electron chi connectivity index (χ1n) is 7.82. The predicted molar refractivity (Wildman–Crippen MR) is 88.9 cm³/mol. The van der Waals surface area contributed by atoms with Gasteiger partial charge in [-0.05, 0) is 35.7 Å². The van der Waals surface area contributed by atoms with Gasteiger partial charge in [-0.1, -0.05) is 22.4 Å². The Morgan fingerprint density at radius 3 is 2.88 bits per heavy atom. The van der Waals surface area contributed by atoms with E-state index in [9.17, 15) is 14.4 Å². The first kappa shape index (κ1) is 19.5. The number of aryl methyl sites for hydroxylation is 1. The van der Waals surface area contributed by atoms with Crippen molar-refractivity contribution in [3.05, 3.63) is 46.5 Å². The Bertz CT molecular complexity index is 793. The molecule has 1 atom stereocenters. The van der Waals surface area contributed by atoms with E-state index in [2.05, 4.69) is 15.5 Å². The number of nitrogens with two attached hydrogens (primary N) is 2. The van der Waals surface area contributed by atoms with Crippen LogP contribution in [0.25, 0.3) is 0 Å². The summed E-state index contributed by atoms with van der Waals surface area (Å²) >= 11 is 0. The highest BCUT2D eigenvalue weighted by Gasteiger charge is 2.18. The second-order valence-corrected chi connectivity index (χ2v) is 5.72. The Balaban J connectivity index is 2.00. The minimum absolute atomic E-state index is 0.0196. The van der Waals surface area contributed by atoms with Crippen molar-refractivity contribution >= 4 is 11.6 Å². The minimum atomic E-state index is -0.791. The SMILES string of the molecule is Cc1cc(C/C(=N\O)c2nonc2COCCC(N)C(N)=O)ccc1F. The molecule has 140 valence electrons. The summed E-state index contributed by atoms with van der Waals surface area (Å²) in [5.41, 5.74) is 12.5. The molecular weight excluding hydrogens is 345 g/mol. The maximum Gasteiger partial charge on any atom is 0.234 e. The largest absolute Gasteiger partial charge is 0.411 e. The smallest absolute Gasteiger partial charge is 0.234 e. The molecule has 1 amide bonds. The number of amides is 1. The van der Waals surface area contributed by atoms with E-state index in [4.69, 9.17) is 20.8 Å². The summed E-state index contributed by atoms with van der Waals surface area (Å²) in [5, 5.41) is 20.0. The molecule has 10 heteroatoms. The van der Waals surface area contributed by atoms with Gasteiger partial charge < -0.3 is 21.4 Å². The first-order chi connectivity index (χ1) is 12.4. The lowest BCUT2D eigenvalue weighted by molar-refractivity contribution is -0.119. The molecule has 0 aliphatic carbocycles. The van der Waals surface area contributed by atoms with Crippen LogP contribution < -0.4 is 11.5 Å².